The zero-order valence-corrected chi connectivity index (χ0v) is 26.9. The highest BCUT2D eigenvalue weighted by atomic mass is 16.5. The second-order valence-corrected chi connectivity index (χ2v) is 11.8. The third kappa shape index (κ3) is 12.9. The van der Waals surface area contributed by atoms with Crippen molar-refractivity contribution in [2.45, 2.75) is 47.5 Å². The number of hydrogen-bond acceptors (Lipinski definition) is 9. The molecule has 250 valence electrons. The lowest BCUT2D eigenvalue weighted by Crippen LogP contribution is -2.42. The molecule has 14 heteroatoms. The predicted molar refractivity (Wildman–Crippen MR) is 163 cm³/mol. The van der Waals surface area contributed by atoms with E-state index < -0.39 is 29.5 Å². The SMILES string of the molecule is CC(C)[C@@H](C)CNC(=O)CN1C(=O)C=C(CC(C)[C@@H](C)CNC(=O)CCOCCOCCNC(=O)CN2C(=O)C=CC2=O)C1=O. The topological polar surface area (TPSA) is 181 Å². The van der Waals surface area contributed by atoms with E-state index in [0.717, 1.165) is 22.0 Å². The van der Waals surface area contributed by atoms with Gasteiger partial charge in [0.2, 0.25) is 17.7 Å². The number of nitrogens with one attached hydrogen (secondary N) is 3. The minimum Gasteiger partial charge on any atom is -0.379 e. The monoisotopic (exact) mass is 633 g/mol. The predicted octanol–water partition coefficient (Wildman–Crippen LogP) is -0.0671. The summed E-state index contributed by atoms with van der Waals surface area (Å²) >= 11 is 0. The van der Waals surface area contributed by atoms with Crippen LogP contribution in [0.2, 0.25) is 0 Å². The van der Waals surface area contributed by atoms with Crippen LogP contribution in [-0.2, 0) is 43.0 Å². The Kier molecular flexibility index (Phi) is 15.6. The number of ether oxygens (including phenoxy) is 2. The van der Waals surface area contributed by atoms with Crippen LogP contribution < -0.4 is 16.0 Å². The van der Waals surface area contributed by atoms with Gasteiger partial charge >= 0.3 is 0 Å². The molecule has 2 rings (SSSR count). The van der Waals surface area contributed by atoms with Gasteiger partial charge in [0, 0.05) is 49.9 Å². The molecular formula is C31H47N5O9. The lowest BCUT2D eigenvalue weighted by molar-refractivity contribution is -0.141. The molecule has 2 aliphatic rings. The fraction of sp³-hybridized carbons (Fsp3) is 0.645. The first-order chi connectivity index (χ1) is 21.3. The Bertz CT molecular complexity index is 1150. The van der Waals surface area contributed by atoms with Gasteiger partial charge in [0.25, 0.3) is 23.6 Å². The molecule has 0 fully saturated rings. The number of rotatable bonds is 21. The van der Waals surface area contributed by atoms with Crippen molar-refractivity contribution in [2.75, 3.05) is 59.2 Å². The third-order valence-electron chi connectivity index (χ3n) is 7.90. The number of imide groups is 2. The van der Waals surface area contributed by atoms with Crippen molar-refractivity contribution >= 4 is 41.4 Å². The van der Waals surface area contributed by atoms with Crippen LogP contribution in [0.5, 0.6) is 0 Å². The van der Waals surface area contributed by atoms with Crippen LogP contribution in [0.4, 0.5) is 0 Å². The number of carbonyl (C=O) groups is 7. The van der Waals surface area contributed by atoms with Crippen LogP contribution >= 0.6 is 0 Å². The summed E-state index contributed by atoms with van der Waals surface area (Å²) in [7, 11) is 0. The highest BCUT2D eigenvalue weighted by Crippen LogP contribution is 2.24. The average molecular weight is 634 g/mol. The van der Waals surface area contributed by atoms with Crippen LogP contribution in [0.3, 0.4) is 0 Å². The molecule has 0 aromatic carbocycles. The van der Waals surface area contributed by atoms with Gasteiger partial charge in [0.05, 0.1) is 26.4 Å². The minimum atomic E-state index is -0.520. The zero-order valence-electron chi connectivity index (χ0n) is 26.9. The maximum Gasteiger partial charge on any atom is 0.257 e. The Morgan fingerprint density at radius 3 is 1.87 bits per heavy atom. The summed E-state index contributed by atoms with van der Waals surface area (Å²) in [5, 5.41) is 8.20. The summed E-state index contributed by atoms with van der Waals surface area (Å²) < 4.78 is 10.8. The summed E-state index contributed by atoms with van der Waals surface area (Å²) in [4.78, 5) is 86.2. The first kappa shape index (κ1) is 37.3. The van der Waals surface area contributed by atoms with Crippen molar-refractivity contribution in [2.24, 2.45) is 23.7 Å². The van der Waals surface area contributed by atoms with Crippen LogP contribution in [0.15, 0.2) is 23.8 Å². The molecule has 2 heterocycles. The molecule has 1 unspecified atom stereocenters. The first-order valence-corrected chi connectivity index (χ1v) is 15.4. The molecule has 3 N–H and O–H groups in total. The number of amides is 7. The summed E-state index contributed by atoms with van der Waals surface area (Å²) in [6, 6.07) is 0. The molecule has 14 nitrogen and oxygen atoms in total. The van der Waals surface area contributed by atoms with Crippen molar-refractivity contribution in [3.63, 3.8) is 0 Å². The molecule has 45 heavy (non-hydrogen) atoms. The van der Waals surface area contributed by atoms with E-state index in [2.05, 4.69) is 29.8 Å². The van der Waals surface area contributed by atoms with Gasteiger partial charge in [-0.3, -0.25) is 43.4 Å². The van der Waals surface area contributed by atoms with Crippen LogP contribution in [0.1, 0.15) is 47.5 Å². The van der Waals surface area contributed by atoms with Gasteiger partial charge in [-0.05, 0) is 30.1 Å². The Labute approximate surface area is 264 Å². The van der Waals surface area contributed by atoms with Gasteiger partial charge in [-0.25, -0.2) is 0 Å². The Morgan fingerprint density at radius 2 is 1.22 bits per heavy atom. The number of hydrogen-bond donors (Lipinski definition) is 3. The molecule has 0 aliphatic carbocycles. The van der Waals surface area contributed by atoms with E-state index in [1.807, 2.05) is 20.8 Å². The van der Waals surface area contributed by atoms with Gasteiger partial charge in [-0.15, -0.1) is 0 Å². The van der Waals surface area contributed by atoms with Crippen LogP contribution in [0, 0.1) is 23.7 Å². The van der Waals surface area contributed by atoms with Gasteiger partial charge in [-0.1, -0.05) is 34.6 Å². The fourth-order valence-corrected chi connectivity index (χ4v) is 4.22. The second-order valence-electron chi connectivity index (χ2n) is 11.8. The van der Waals surface area contributed by atoms with Gasteiger partial charge < -0.3 is 25.4 Å². The van der Waals surface area contributed by atoms with Crippen molar-refractivity contribution < 1.29 is 43.0 Å². The van der Waals surface area contributed by atoms with E-state index in [9.17, 15) is 33.6 Å². The Balaban J connectivity index is 1.53. The molecule has 0 saturated carbocycles. The molecular weight excluding hydrogens is 586 g/mol. The van der Waals surface area contributed by atoms with E-state index in [-0.39, 0.29) is 82.1 Å². The van der Waals surface area contributed by atoms with Crippen LogP contribution in [-0.4, -0.2) is 110 Å². The largest absolute Gasteiger partial charge is 0.379 e. The molecule has 0 spiro atoms. The van der Waals surface area contributed by atoms with Gasteiger partial charge in [-0.2, -0.15) is 0 Å². The summed E-state index contributed by atoms with van der Waals surface area (Å²) in [6.07, 6.45) is 4.04. The van der Waals surface area contributed by atoms with Gasteiger partial charge in [0.1, 0.15) is 13.1 Å². The normalized spacial score (nSPS) is 16.7. The van der Waals surface area contributed by atoms with E-state index in [0.29, 0.717) is 31.0 Å². The Hall–Kier alpha value is -3.91. The lowest BCUT2D eigenvalue weighted by Gasteiger charge is -2.21. The molecule has 7 amide bonds. The maximum absolute atomic E-state index is 12.8. The summed E-state index contributed by atoms with van der Waals surface area (Å²) in [5.74, 6) is -2.31. The standard InChI is InChI=1S/C31H47N5O9/c1-20(2)22(4)16-34-27(39)19-36-30(42)15-24(31(36)43)14-21(3)23(5)17-33-25(37)8-10-44-12-13-45-11-9-32-26(38)18-35-28(40)6-7-29(35)41/h6-7,15,20-23H,8-14,16-19H2,1-5H3,(H,32,38)(H,33,37)(H,34,39)/t21?,22-,23-/m0/s1. The smallest absolute Gasteiger partial charge is 0.257 e. The number of nitrogens with zero attached hydrogens (tertiary/aromatic N) is 2. The van der Waals surface area contributed by atoms with E-state index in [1.54, 1.807) is 0 Å². The molecule has 0 aromatic rings. The van der Waals surface area contributed by atoms with E-state index in [4.69, 9.17) is 9.47 Å². The highest BCUT2D eigenvalue weighted by molar-refractivity contribution is 6.17. The summed E-state index contributed by atoms with van der Waals surface area (Å²) in [5.41, 5.74) is 0.361. The molecule has 0 bridgehead atoms. The van der Waals surface area contributed by atoms with Crippen molar-refractivity contribution in [1.29, 1.82) is 0 Å². The highest BCUT2D eigenvalue weighted by Gasteiger charge is 2.33. The van der Waals surface area contributed by atoms with E-state index in [1.165, 1.54) is 6.08 Å². The quantitative estimate of drug-likeness (QED) is 0.115. The average Bonchev–Trinajstić information content (AvgIpc) is 3.44. The maximum atomic E-state index is 12.8. The van der Waals surface area contributed by atoms with Gasteiger partial charge in [0.15, 0.2) is 0 Å². The number of carbonyl (C=O) groups excluding carboxylic acids is 7. The fourth-order valence-electron chi connectivity index (χ4n) is 4.22. The molecule has 3 atom stereocenters. The first-order valence-electron chi connectivity index (χ1n) is 15.4. The van der Waals surface area contributed by atoms with E-state index >= 15 is 0 Å². The van der Waals surface area contributed by atoms with Crippen molar-refractivity contribution in [3.8, 4) is 0 Å². The third-order valence-corrected chi connectivity index (χ3v) is 7.90. The molecule has 0 aromatic heterocycles. The lowest BCUT2D eigenvalue weighted by atomic mass is 9.89. The van der Waals surface area contributed by atoms with Crippen molar-refractivity contribution in [3.05, 3.63) is 23.8 Å². The van der Waals surface area contributed by atoms with Crippen molar-refractivity contribution in [1.82, 2.24) is 25.8 Å². The zero-order chi connectivity index (χ0) is 33.5. The molecule has 0 saturated heterocycles. The van der Waals surface area contributed by atoms with Crippen LogP contribution in [0.25, 0.3) is 0 Å². The Morgan fingerprint density at radius 1 is 0.667 bits per heavy atom. The second kappa shape index (κ2) is 18.8. The molecule has 0 radical (unpaired) electrons. The summed E-state index contributed by atoms with van der Waals surface area (Å²) in [6.45, 7) is 11.4. The minimum absolute atomic E-state index is 0.00522. The molecule has 2 aliphatic heterocycles.